The molecule has 0 aromatic rings. The number of amides is 1. The van der Waals surface area contributed by atoms with E-state index in [9.17, 15) is 9.59 Å². The molecule has 1 N–H and O–H groups in total. The maximum atomic E-state index is 10.1. The summed E-state index contributed by atoms with van der Waals surface area (Å²) in [5.74, 6) is 0.481. The van der Waals surface area contributed by atoms with Crippen LogP contribution in [-0.2, 0) is 14.3 Å². The van der Waals surface area contributed by atoms with Crippen molar-refractivity contribution in [3.05, 3.63) is 0 Å². The maximum absolute atomic E-state index is 10.1. The molecule has 0 aromatic heterocycles. The van der Waals surface area contributed by atoms with E-state index in [-0.39, 0.29) is 0 Å². The Morgan fingerprint density at radius 1 is 1.23 bits per heavy atom. The normalized spacial score (nSPS) is 27.7. The van der Waals surface area contributed by atoms with Crippen molar-refractivity contribution in [3.8, 4) is 0 Å². The number of hydrogen-bond donors (Lipinski definition) is 1. The molecule has 1 rings (SSSR count). The van der Waals surface area contributed by atoms with E-state index in [0.29, 0.717) is 25.0 Å². The summed E-state index contributed by atoms with van der Waals surface area (Å²) in [5.41, 5.74) is 0. The Morgan fingerprint density at radius 2 is 1.92 bits per heavy atom. The van der Waals surface area contributed by atoms with Crippen LogP contribution in [0.2, 0.25) is 0 Å². The van der Waals surface area contributed by atoms with E-state index in [1.807, 2.05) is 0 Å². The van der Waals surface area contributed by atoms with E-state index in [0.717, 1.165) is 32.1 Å². The average molecular weight is 185 g/mol. The third-order valence-electron chi connectivity index (χ3n) is 2.55. The highest BCUT2D eigenvalue weighted by Crippen LogP contribution is 2.23. The van der Waals surface area contributed by atoms with Crippen molar-refractivity contribution < 1.29 is 14.3 Å². The summed E-state index contributed by atoms with van der Waals surface area (Å²) in [6, 6.07) is 0.324. The van der Waals surface area contributed by atoms with E-state index in [2.05, 4.69) is 5.32 Å². The molecular weight excluding hydrogens is 170 g/mol. The van der Waals surface area contributed by atoms with Gasteiger partial charge in [0.25, 0.3) is 6.47 Å². The van der Waals surface area contributed by atoms with E-state index in [1.54, 1.807) is 0 Å². The van der Waals surface area contributed by atoms with E-state index in [1.165, 1.54) is 0 Å². The Bertz CT molecular complexity index is 164. The zero-order chi connectivity index (χ0) is 9.52. The fourth-order valence-electron chi connectivity index (χ4n) is 1.77. The van der Waals surface area contributed by atoms with Crippen molar-refractivity contribution in [2.75, 3.05) is 6.61 Å². The molecule has 1 fully saturated rings. The molecule has 13 heavy (non-hydrogen) atoms. The van der Waals surface area contributed by atoms with Crippen molar-refractivity contribution in [1.82, 2.24) is 5.32 Å². The van der Waals surface area contributed by atoms with Gasteiger partial charge in [0.1, 0.15) is 0 Å². The van der Waals surface area contributed by atoms with Crippen LogP contribution in [0.1, 0.15) is 25.7 Å². The fraction of sp³-hybridized carbons (Fsp3) is 0.778. The van der Waals surface area contributed by atoms with Gasteiger partial charge in [0.2, 0.25) is 6.41 Å². The Morgan fingerprint density at radius 3 is 2.46 bits per heavy atom. The van der Waals surface area contributed by atoms with Crippen LogP contribution in [0.25, 0.3) is 0 Å². The van der Waals surface area contributed by atoms with Gasteiger partial charge >= 0.3 is 0 Å². The molecule has 1 saturated carbocycles. The van der Waals surface area contributed by atoms with Crippen LogP contribution in [0.15, 0.2) is 0 Å². The highest BCUT2D eigenvalue weighted by molar-refractivity contribution is 5.46. The number of rotatable bonds is 5. The van der Waals surface area contributed by atoms with E-state index >= 15 is 0 Å². The molecule has 74 valence electrons. The summed E-state index contributed by atoms with van der Waals surface area (Å²) < 4.78 is 4.70. The lowest BCUT2D eigenvalue weighted by atomic mass is 9.87. The standard InChI is InChI=1S/C9H15NO3/c11-6-10-9-3-1-8(2-4-9)5-13-7-12/h6-9H,1-5H2,(H,10,11). The highest BCUT2D eigenvalue weighted by atomic mass is 16.5. The average Bonchev–Trinajstić information content (AvgIpc) is 2.17. The van der Waals surface area contributed by atoms with E-state index in [4.69, 9.17) is 4.74 Å². The van der Waals surface area contributed by atoms with Gasteiger partial charge in [-0.1, -0.05) is 0 Å². The molecule has 0 saturated heterocycles. The van der Waals surface area contributed by atoms with Crippen LogP contribution < -0.4 is 5.32 Å². The minimum absolute atomic E-state index is 0.324. The second kappa shape index (κ2) is 5.56. The summed E-state index contributed by atoms with van der Waals surface area (Å²) in [4.78, 5) is 20.1. The van der Waals surface area contributed by atoms with Gasteiger partial charge in [-0.05, 0) is 31.6 Å². The van der Waals surface area contributed by atoms with Gasteiger partial charge in [-0.2, -0.15) is 0 Å². The zero-order valence-electron chi connectivity index (χ0n) is 7.57. The number of carbonyl (C=O) groups excluding carboxylic acids is 2. The lowest BCUT2D eigenvalue weighted by Crippen LogP contribution is -2.33. The molecule has 0 bridgehead atoms. The van der Waals surface area contributed by atoms with Gasteiger partial charge in [0.05, 0.1) is 6.61 Å². The van der Waals surface area contributed by atoms with Crippen molar-refractivity contribution in [3.63, 3.8) is 0 Å². The molecule has 0 radical (unpaired) electrons. The predicted molar refractivity (Wildman–Crippen MR) is 47.0 cm³/mol. The van der Waals surface area contributed by atoms with Crippen molar-refractivity contribution in [2.45, 2.75) is 31.7 Å². The Balaban J connectivity index is 2.14. The number of ether oxygens (including phenoxy) is 1. The van der Waals surface area contributed by atoms with Crippen LogP contribution in [-0.4, -0.2) is 25.5 Å². The van der Waals surface area contributed by atoms with Crippen LogP contribution >= 0.6 is 0 Å². The maximum Gasteiger partial charge on any atom is 0.293 e. The molecule has 0 unspecified atom stereocenters. The molecule has 0 heterocycles. The second-order valence-corrected chi connectivity index (χ2v) is 3.43. The molecular formula is C9H15NO3. The Hall–Kier alpha value is -1.06. The zero-order valence-corrected chi connectivity index (χ0v) is 7.57. The molecule has 0 aliphatic heterocycles. The largest absolute Gasteiger partial charge is 0.468 e. The third kappa shape index (κ3) is 3.44. The van der Waals surface area contributed by atoms with Crippen molar-refractivity contribution >= 4 is 12.9 Å². The summed E-state index contributed by atoms with van der Waals surface area (Å²) in [5, 5.41) is 2.77. The van der Waals surface area contributed by atoms with Crippen LogP contribution in [0.5, 0.6) is 0 Å². The smallest absolute Gasteiger partial charge is 0.293 e. The minimum Gasteiger partial charge on any atom is -0.468 e. The van der Waals surface area contributed by atoms with E-state index < -0.39 is 0 Å². The van der Waals surface area contributed by atoms with Crippen LogP contribution in [0.3, 0.4) is 0 Å². The first kappa shape index (κ1) is 10.0. The minimum atomic E-state index is 0.324. The fourth-order valence-corrected chi connectivity index (χ4v) is 1.77. The topological polar surface area (TPSA) is 55.4 Å². The quantitative estimate of drug-likeness (QED) is 0.633. The molecule has 4 nitrogen and oxygen atoms in total. The van der Waals surface area contributed by atoms with Gasteiger partial charge in [0, 0.05) is 6.04 Å². The molecule has 0 aromatic carbocycles. The first-order valence-electron chi connectivity index (χ1n) is 4.61. The van der Waals surface area contributed by atoms with Gasteiger partial charge in [-0.15, -0.1) is 0 Å². The summed E-state index contributed by atoms with van der Waals surface area (Å²) in [6.07, 6.45) is 4.79. The first-order valence-corrected chi connectivity index (χ1v) is 4.61. The molecule has 1 amide bonds. The lowest BCUT2D eigenvalue weighted by molar-refractivity contribution is -0.130. The Kier molecular flexibility index (Phi) is 4.29. The lowest BCUT2D eigenvalue weighted by Gasteiger charge is -2.27. The number of nitrogens with one attached hydrogen (secondary N) is 1. The van der Waals surface area contributed by atoms with Crippen molar-refractivity contribution in [1.29, 1.82) is 0 Å². The SMILES string of the molecule is O=CNC1CCC(COC=O)CC1. The van der Waals surface area contributed by atoms with Crippen LogP contribution in [0, 0.1) is 5.92 Å². The molecule has 1 aliphatic carbocycles. The molecule has 1 aliphatic rings. The highest BCUT2D eigenvalue weighted by Gasteiger charge is 2.20. The predicted octanol–water partition coefficient (Wildman–Crippen LogP) is 0.464. The van der Waals surface area contributed by atoms with Gasteiger partial charge in [-0.25, -0.2) is 0 Å². The second-order valence-electron chi connectivity index (χ2n) is 3.43. The van der Waals surface area contributed by atoms with Gasteiger partial charge < -0.3 is 10.1 Å². The first-order chi connectivity index (χ1) is 6.36. The molecule has 0 spiro atoms. The van der Waals surface area contributed by atoms with Crippen LogP contribution in [0.4, 0.5) is 0 Å². The molecule has 4 heteroatoms. The van der Waals surface area contributed by atoms with Crippen molar-refractivity contribution in [2.24, 2.45) is 5.92 Å². The summed E-state index contributed by atoms with van der Waals surface area (Å²) in [6.45, 7) is 1.02. The monoisotopic (exact) mass is 185 g/mol. The third-order valence-corrected chi connectivity index (χ3v) is 2.55. The number of hydrogen-bond acceptors (Lipinski definition) is 3. The summed E-state index contributed by atoms with van der Waals surface area (Å²) in [7, 11) is 0. The number of carbonyl (C=O) groups is 2. The molecule has 0 atom stereocenters. The summed E-state index contributed by atoms with van der Waals surface area (Å²) >= 11 is 0. The van der Waals surface area contributed by atoms with Gasteiger partial charge in [0.15, 0.2) is 0 Å². The Labute approximate surface area is 77.6 Å². The van der Waals surface area contributed by atoms with Gasteiger partial charge in [-0.3, -0.25) is 9.59 Å².